The molecule has 1 atom stereocenters. The third kappa shape index (κ3) is 1.22. The molecule has 1 heterocycles. The van der Waals surface area contributed by atoms with E-state index >= 15 is 0 Å². The molecular formula is C12H14O2. The molecule has 1 fully saturated rings. The summed E-state index contributed by atoms with van der Waals surface area (Å²) in [5, 5.41) is 0. The summed E-state index contributed by atoms with van der Waals surface area (Å²) in [7, 11) is 1.74. The van der Waals surface area contributed by atoms with E-state index in [0.29, 0.717) is 6.10 Å². The predicted molar refractivity (Wildman–Crippen MR) is 53.7 cm³/mol. The number of benzene rings is 1. The Kier molecular flexibility index (Phi) is 1.77. The van der Waals surface area contributed by atoms with Crippen molar-refractivity contribution in [2.45, 2.75) is 25.4 Å². The Morgan fingerprint density at radius 1 is 1.29 bits per heavy atom. The molecule has 0 spiro atoms. The predicted octanol–water partition coefficient (Wildman–Crippen LogP) is 2.26. The van der Waals surface area contributed by atoms with Gasteiger partial charge in [-0.2, -0.15) is 0 Å². The Hall–Kier alpha value is -1.02. The van der Waals surface area contributed by atoms with Crippen molar-refractivity contribution in [3.05, 3.63) is 28.8 Å². The van der Waals surface area contributed by atoms with Gasteiger partial charge in [0.2, 0.25) is 0 Å². The van der Waals surface area contributed by atoms with Gasteiger partial charge >= 0.3 is 0 Å². The Labute approximate surface area is 83.8 Å². The van der Waals surface area contributed by atoms with Crippen LogP contribution >= 0.6 is 0 Å². The summed E-state index contributed by atoms with van der Waals surface area (Å²) >= 11 is 0. The van der Waals surface area contributed by atoms with Crippen LogP contribution in [0.4, 0.5) is 0 Å². The van der Waals surface area contributed by atoms with Crippen LogP contribution in [0.1, 0.15) is 29.2 Å². The summed E-state index contributed by atoms with van der Waals surface area (Å²) in [6.07, 6.45) is 4.01. The molecule has 14 heavy (non-hydrogen) atoms. The summed E-state index contributed by atoms with van der Waals surface area (Å²) in [6.45, 7) is 0.856. The first-order valence-corrected chi connectivity index (χ1v) is 5.20. The maximum absolute atomic E-state index is 5.39. The van der Waals surface area contributed by atoms with Crippen molar-refractivity contribution in [1.29, 1.82) is 0 Å². The van der Waals surface area contributed by atoms with Gasteiger partial charge in [0.05, 0.1) is 13.7 Å². The summed E-state index contributed by atoms with van der Waals surface area (Å²) in [4.78, 5) is 0. The monoisotopic (exact) mass is 190 g/mol. The van der Waals surface area contributed by atoms with Crippen molar-refractivity contribution in [3.63, 3.8) is 0 Å². The quantitative estimate of drug-likeness (QED) is 0.667. The van der Waals surface area contributed by atoms with E-state index in [1.165, 1.54) is 36.0 Å². The maximum atomic E-state index is 5.39. The van der Waals surface area contributed by atoms with Crippen LogP contribution in [0.3, 0.4) is 0 Å². The zero-order valence-corrected chi connectivity index (χ0v) is 8.38. The van der Waals surface area contributed by atoms with Crippen molar-refractivity contribution in [2.75, 3.05) is 13.7 Å². The minimum absolute atomic E-state index is 0.302. The van der Waals surface area contributed by atoms with Crippen LogP contribution in [0.25, 0.3) is 0 Å². The summed E-state index contributed by atoms with van der Waals surface area (Å²) < 4.78 is 10.7. The second kappa shape index (κ2) is 2.99. The van der Waals surface area contributed by atoms with Crippen molar-refractivity contribution >= 4 is 0 Å². The number of hydrogen-bond donors (Lipinski definition) is 0. The average Bonchev–Trinajstić information content (AvgIpc) is 2.95. The topological polar surface area (TPSA) is 21.8 Å². The van der Waals surface area contributed by atoms with Gasteiger partial charge in [-0.25, -0.2) is 0 Å². The SMILES string of the molecule is COc1cc2c(cc1[C@@H]1CO1)CCC2. The first-order chi connectivity index (χ1) is 6.88. The molecule has 2 heteroatoms. The lowest BCUT2D eigenvalue weighted by Gasteiger charge is -2.09. The Bertz CT molecular complexity index is 367. The first-order valence-electron chi connectivity index (χ1n) is 5.20. The molecule has 1 aliphatic heterocycles. The van der Waals surface area contributed by atoms with E-state index in [9.17, 15) is 0 Å². The highest BCUT2D eigenvalue weighted by Gasteiger charge is 2.29. The van der Waals surface area contributed by atoms with E-state index in [0.717, 1.165) is 12.4 Å². The molecule has 1 saturated heterocycles. The lowest BCUT2D eigenvalue weighted by atomic mass is 10.0. The zero-order chi connectivity index (χ0) is 9.54. The highest BCUT2D eigenvalue weighted by atomic mass is 16.6. The number of fused-ring (bicyclic) bond motifs is 1. The van der Waals surface area contributed by atoms with Crippen LogP contribution in [-0.2, 0) is 17.6 Å². The van der Waals surface area contributed by atoms with Gasteiger partial charge in [-0.1, -0.05) is 0 Å². The number of hydrogen-bond acceptors (Lipinski definition) is 2. The molecule has 0 aromatic heterocycles. The third-order valence-corrected chi connectivity index (χ3v) is 3.12. The molecule has 1 aliphatic carbocycles. The maximum Gasteiger partial charge on any atom is 0.125 e. The molecule has 2 aliphatic rings. The van der Waals surface area contributed by atoms with Crippen LogP contribution in [-0.4, -0.2) is 13.7 Å². The third-order valence-electron chi connectivity index (χ3n) is 3.12. The van der Waals surface area contributed by atoms with Gasteiger partial charge in [-0.3, -0.25) is 0 Å². The van der Waals surface area contributed by atoms with Crippen molar-refractivity contribution in [1.82, 2.24) is 0 Å². The summed E-state index contributed by atoms with van der Waals surface area (Å²) in [6, 6.07) is 4.47. The Morgan fingerprint density at radius 3 is 2.64 bits per heavy atom. The highest BCUT2D eigenvalue weighted by molar-refractivity contribution is 5.46. The number of ether oxygens (including phenoxy) is 2. The van der Waals surface area contributed by atoms with Crippen LogP contribution in [0.2, 0.25) is 0 Å². The van der Waals surface area contributed by atoms with Gasteiger partial charge in [0, 0.05) is 5.56 Å². The van der Waals surface area contributed by atoms with E-state index in [4.69, 9.17) is 9.47 Å². The van der Waals surface area contributed by atoms with Gasteiger partial charge in [0.1, 0.15) is 11.9 Å². The van der Waals surface area contributed by atoms with Crippen LogP contribution in [0.15, 0.2) is 12.1 Å². The zero-order valence-electron chi connectivity index (χ0n) is 8.38. The van der Waals surface area contributed by atoms with E-state index < -0.39 is 0 Å². The van der Waals surface area contributed by atoms with Gasteiger partial charge in [-0.05, 0) is 42.5 Å². The second-order valence-electron chi connectivity index (χ2n) is 4.04. The lowest BCUT2D eigenvalue weighted by molar-refractivity contribution is 0.383. The van der Waals surface area contributed by atoms with Gasteiger partial charge < -0.3 is 9.47 Å². The fraction of sp³-hybridized carbons (Fsp3) is 0.500. The molecule has 0 amide bonds. The largest absolute Gasteiger partial charge is 0.496 e. The van der Waals surface area contributed by atoms with E-state index in [1.807, 2.05) is 0 Å². The number of methoxy groups -OCH3 is 1. The Morgan fingerprint density at radius 2 is 2.00 bits per heavy atom. The lowest BCUT2D eigenvalue weighted by Crippen LogP contribution is -1.94. The highest BCUT2D eigenvalue weighted by Crippen LogP contribution is 2.39. The average molecular weight is 190 g/mol. The normalized spacial score (nSPS) is 23.4. The standard InChI is InChI=1S/C12H14O2/c1-13-11-6-9-4-2-3-8(9)5-10(11)12-7-14-12/h5-6,12H,2-4,7H2,1H3/t12-/m0/s1. The van der Waals surface area contributed by atoms with E-state index in [2.05, 4.69) is 12.1 Å². The molecule has 74 valence electrons. The fourth-order valence-corrected chi connectivity index (χ4v) is 2.28. The molecule has 0 radical (unpaired) electrons. The fourth-order valence-electron chi connectivity index (χ4n) is 2.28. The van der Waals surface area contributed by atoms with Gasteiger partial charge in [0.15, 0.2) is 0 Å². The van der Waals surface area contributed by atoms with E-state index in [1.54, 1.807) is 7.11 Å². The summed E-state index contributed by atoms with van der Waals surface area (Å²) in [5.74, 6) is 1.01. The molecule has 2 nitrogen and oxygen atoms in total. The van der Waals surface area contributed by atoms with Gasteiger partial charge in [-0.15, -0.1) is 0 Å². The number of epoxide rings is 1. The van der Waals surface area contributed by atoms with Crippen molar-refractivity contribution < 1.29 is 9.47 Å². The van der Waals surface area contributed by atoms with Crippen LogP contribution in [0, 0.1) is 0 Å². The second-order valence-corrected chi connectivity index (χ2v) is 4.04. The van der Waals surface area contributed by atoms with Crippen molar-refractivity contribution in [3.8, 4) is 5.75 Å². The molecule has 0 unspecified atom stereocenters. The Balaban J connectivity index is 2.08. The van der Waals surface area contributed by atoms with Crippen molar-refractivity contribution in [2.24, 2.45) is 0 Å². The van der Waals surface area contributed by atoms with E-state index in [-0.39, 0.29) is 0 Å². The molecule has 1 aromatic rings. The van der Waals surface area contributed by atoms with Gasteiger partial charge in [0.25, 0.3) is 0 Å². The smallest absolute Gasteiger partial charge is 0.125 e. The molecule has 1 aromatic carbocycles. The molecule has 3 rings (SSSR count). The number of aryl methyl sites for hydroxylation is 2. The van der Waals surface area contributed by atoms with Crippen LogP contribution in [0.5, 0.6) is 5.75 Å². The van der Waals surface area contributed by atoms with Crippen LogP contribution < -0.4 is 4.74 Å². The molecule has 0 bridgehead atoms. The molecule has 0 N–H and O–H groups in total. The minimum atomic E-state index is 0.302. The minimum Gasteiger partial charge on any atom is -0.496 e. The molecule has 0 saturated carbocycles. The first kappa shape index (κ1) is 8.30. The molecular weight excluding hydrogens is 176 g/mol. The number of rotatable bonds is 2. The summed E-state index contributed by atoms with van der Waals surface area (Å²) in [5.41, 5.74) is 4.20.